The highest BCUT2D eigenvalue weighted by molar-refractivity contribution is 8.01. The number of amides is 1. The van der Waals surface area contributed by atoms with Crippen LogP contribution < -0.4 is 0 Å². The lowest BCUT2D eigenvalue weighted by atomic mass is 9.97. The van der Waals surface area contributed by atoms with Gasteiger partial charge >= 0.3 is 5.97 Å². The number of thiophene rings is 1. The van der Waals surface area contributed by atoms with Crippen molar-refractivity contribution in [3.8, 4) is 0 Å². The predicted molar refractivity (Wildman–Crippen MR) is 105 cm³/mol. The molecule has 1 aliphatic rings. The van der Waals surface area contributed by atoms with Crippen molar-refractivity contribution in [1.29, 1.82) is 0 Å². The maximum atomic E-state index is 12.3. The van der Waals surface area contributed by atoms with Crippen LogP contribution in [0.4, 0.5) is 0 Å². The van der Waals surface area contributed by atoms with Crippen LogP contribution in [0.2, 0.25) is 0 Å². The molecule has 2 heterocycles. The molecule has 2 atom stereocenters. The van der Waals surface area contributed by atoms with Gasteiger partial charge in [0.15, 0.2) is 0 Å². The molecule has 0 saturated carbocycles. The number of hydrogen-bond acceptors (Lipinski definition) is 5. The summed E-state index contributed by atoms with van der Waals surface area (Å²) in [6, 6.07) is 4.23. The van der Waals surface area contributed by atoms with Crippen LogP contribution in [0.15, 0.2) is 21.7 Å². The predicted octanol–water partition coefficient (Wildman–Crippen LogP) is 4.36. The molecule has 146 valence electrons. The van der Waals surface area contributed by atoms with Crippen LogP contribution in [0.5, 0.6) is 0 Å². The summed E-state index contributed by atoms with van der Waals surface area (Å²) in [4.78, 5) is 24.8. The Kier molecular flexibility index (Phi) is 9.50. The number of carboxylic acids is 1. The number of unbranched alkanes of at least 4 members (excludes halogenated alkanes) is 3. The van der Waals surface area contributed by atoms with E-state index in [0.717, 1.165) is 49.3 Å². The summed E-state index contributed by atoms with van der Waals surface area (Å²) in [5.74, 6) is -0.512. The highest BCUT2D eigenvalue weighted by atomic mass is 32.2. The first kappa shape index (κ1) is 21.3. The molecule has 1 aliphatic heterocycles. The molecule has 0 radical (unpaired) electrons. The number of carboxylic acid groups (broad SMARTS) is 1. The zero-order chi connectivity index (χ0) is 18.8. The fourth-order valence-corrected chi connectivity index (χ4v) is 5.22. The molecule has 2 rings (SSSR count). The molecular weight excluding hydrogens is 370 g/mol. The van der Waals surface area contributed by atoms with Crippen molar-refractivity contribution in [2.24, 2.45) is 0 Å². The lowest BCUT2D eigenvalue weighted by molar-refractivity contribution is -0.137. The molecule has 26 heavy (non-hydrogen) atoms. The van der Waals surface area contributed by atoms with E-state index in [1.807, 2.05) is 22.4 Å². The van der Waals surface area contributed by atoms with Gasteiger partial charge < -0.3 is 15.1 Å². The van der Waals surface area contributed by atoms with Gasteiger partial charge in [-0.2, -0.15) is 0 Å². The van der Waals surface area contributed by atoms with Crippen molar-refractivity contribution in [3.63, 3.8) is 0 Å². The molecule has 1 aromatic heterocycles. The lowest BCUT2D eigenvalue weighted by Gasteiger charge is -2.36. The smallest absolute Gasteiger partial charge is 0.303 e. The molecule has 5 nitrogen and oxygen atoms in total. The van der Waals surface area contributed by atoms with E-state index >= 15 is 0 Å². The highest BCUT2D eigenvalue weighted by Gasteiger charge is 2.27. The van der Waals surface area contributed by atoms with Gasteiger partial charge in [0.2, 0.25) is 5.91 Å². The maximum Gasteiger partial charge on any atom is 0.303 e. The van der Waals surface area contributed by atoms with Gasteiger partial charge in [-0.05, 0) is 50.0 Å². The number of piperidine rings is 1. The topological polar surface area (TPSA) is 77.8 Å². The second-order valence-electron chi connectivity index (χ2n) is 6.77. The van der Waals surface area contributed by atoms with Crippen LogP contribution in [-0.4, -0.2) is 45.0 Å². The Balaban J connectivity index is 1.70. The van der Waals surface area contributed by atoms with E-state index in [-0.39, 0.29) is 18.4 Å². The average Bonchev–Trinajstić information content (AvgIpc) is 3.10. The third kappa shape index (κ3) is 7.68. The van der Waals surface area contributed by atoms with Crippen molar-refractivity contribution < 1.29 is 19.8 Å². The number of carbonyl (C=O) groups excluding carboxylic acids is 1. The zero-order valence-corrected chi connectivity index (χ0v) is 16.8. The molecule has 1 fully saturated rings. The van der Waals surface area contributed by atoms with Gasteiger partial charge in [-0.15, -0.1) is 11.3 Å². The molecule has 1 amide bonds. The SMILES string of the molecule is O=C(O)CCCCCCN1C(=O)CCC[C@@H]1CCC(O)Sc1cccs1. The van der Waals surface area contributed by atoms with Crippen LogP contribution in [-0.2, 0) is 9.59 Å². The highest BCUT2D eigenvalue weighted by Crippen LogP contribution is 2.30. The second kappa shape index (κ2) is 11.6. The number of carbonyl (C=O) groups is 2. The fourth-order valence-electron chi connectivity index (χ4n) is 3.37. The summed E-state index contributed by atoms with van der Waals surface area (Å²) in [6.07, 6.45) is 7.82. The minimum Gasteiger partial charge on any atom is -0.481 e. The van der Waals surface area contributed by atoms with E-state index in [2.05, 4.69) is 0 Å². The van der Waals surface area contributed by atoms with Gasteiger partial charge in [-0.25, -0.2) is 0 Å². The first-order valence-electron chi connectivity index (χ1n) is 9.45. The van der Waals surface area contributed by atoms with Gasteiger partial charge in [0.1, 0.15) is 5.44 Å². The Hall–Kier alpha value is -1.05. The van der Waals surface area contributed by atoms with E-state index in [9.17, 15) is 14.7 Å². The quantitative estimate of drug-likeness (QED) is 0.310. The number of thioether (sulfide) groups is 1. The van der Waals surface area contributed by atoms with Gasteiger partial charge in [0, 0.05) is 25.4 Å². The minimum atomic E-state index is -0.741. The number of aliphatic hydroxyl groups is 1. The molecule has 1 saturated heterocycles. The van der Waals surface area contributed by atoms with Crippen LogP contribution in [0.3, 0.4) is 0 Å². The third-order valence-corrected chi connectivity index (χ3v) is 6.84. The Morgan fingerprint density at radius 2 is 2.15 bits per heavy atom. The van der Waals surface area contributed by atoms with Gasteiger partial charge in [0.05, 0.1) is 4.21 Å². The Labute approximate surface area is 163 Å². The average molecular weight is 400 g/mol. The van der Waals surface area contributed by atoms with Gasteiger partial charge in [0.25, 0.3) is 0 Å². The number of nitrogens with zero attached hydrogens (tertiary/aromatic N) is 1. The first-order chi connectivity index (χ1) is 12.6. The molecular formula is C19H29NO4S2. The fraction of sp³-hybridized carbons (Fsp3) is 0.684. The second-order valence-corrected chi connectivity index (χ2v) is 9.20. The Morgan fingerprint density at radius 3 is 2.88 bits per heavy atom. The van der Waals surface area contributed by atoms with E-state index in [1.54, 1.807) is 11.3 Å². The number of aliphatic carboxylic acids is 1. The summed E-state index contributed by atoms with van der Waals surface area (Å²) >= 11 is 3.13. The molecule has 0 spiro atoms. The monoisotopic (exact) mass is 399 g/mol. The van der Waals surface area contributed by atoms with E-state index < -0.39 is 11.4 Å². The Morgan fingerprint density at radius 1 is 1.35 bits per heavy atom. The van der Waals surface area contributed by atoms with Crippen molar-refractivity contribution in [3.05, 3.63) is 17.5 Å². The number of likely N-dealkylation sites (tertiary alicyclic amines) is 1. The number of hydrogen-bond donors (Lipinski definition) is 2. The van der Waals surface area contributed by atoms with Crippen molar-refractivity contribution in [2.75, 3.05) is 6.54 Å². The van der Waals surface area contributed by atoms with Crippen molar-refractivity contribution in [2.45, 2.75) is 79.9 Å². The summed E-state index contributed by atoms with van der Waals surface area (Å²) in [6.45, 7) is 0.755. The van der Waals surface area contributed by atoms with Crippen LogP contribution >= 0.6 is 23.1 Å². The summed E-state index contributed by atoms with van der Waals surface area (Å²) < 4.78 is 1.12. The zero-order valence-electron chi connectivity index (χ0n) is 15.1. The van der Waals surface area contributed by atoms with Crippen LogP contribution in [0, 0.1) is 0 Å². The Bertz CT molecular complexity index is 550. The first-order valence-corrected chi connectivity index (χ1v) is 11.2. The summed E-state index contributed by atoms with van der Waals surface area (Å²) in [5, 5.41) is 20.9. The standard InChI is InChI=1S/C19H29NO4S2/c21-16-8-5-7-15(11-12-18(24)26-19-10-6-14-25-19)20(16)13-4-2-1-3-9-17(22)23/h6,10,14-15,18,24H,1-5,7-9,11-13H2,(H,22,23)/t15-,18?/m1/s1. The molecule has 0 aliphatic carbocycles. The summed E-state index contributed by atoms with van der Waals surface area (Å²) in [7, 11) is 0. The van der Waals surface area contributed by atoms with Gasteiger partial charge in [-0.3, -0.25) is 9.59 Å². The lowest BCUT2D eigenvalue weighted by Crippen LogP contribution is -2.44. The van der Waals surface area contributed by atoms with Gasteiger partial charge in [-0.1, -0.05) is 30.7 Å². The number of aliphatic hydroxyl groups excluding tert-OH is 1. The summed E-state index contributed by atoms with van der Waals surface area (Å²) in [5.41, 5.74) is -0.427. The van der Waals surface area contributed by atoms with Crippen LogP contribution in [0.1, 0.15) is 64.2 Å². The largest absolute Gasteiger partial charge is 0.481 e. The van der Waals surface area contributed by atoms with E-state index in [0.29, 0.717) is 19.3 Å². The van der Waals surface area contributed by atoms with E-state index in [1.165, 1.54) is 11.8 Å². The van der Waals surface area contributed by atoms with Crippen molar-refractivity contribution >= 4 is 35.0 Å². The molecule has 7 heteroatoms. The van der Waals surface area contributed by atoms with Crippen LogP contribution in [0.25, 0.3) is 0 Å². The molecule has 1 unspecified atom stereocenters. The molecule has 2 N–H and O–H groups in total. The van der Waals surface area contributed by atoms with E-state index in [4.69, 9.17) is 5.11 Å². The normalized spacial score (nSPS) is 18.9. The van der Waals surface area contributed by atoms with Crippen molar-refractivity contribution in [1.82, 2.24) is 4.90 Å². The molecule has 1 aromatic rings. The maximum absolute atomic E-state index is 12.3. The molecule has 0 aromatic carbocycles. The minimum absolute atomic E-state index is 0.227. The number of rotatable bonds is 12. The third-order valence-electron chi connectivity index (χ3n) is 4.72. The molecule has 0 bridgehead atoms.